The highest BCUT2D eigenvalue weighted by molar-refractivity contribution is 9.10. The number of hydrogen-bond acceptors (Lipinski definition) is 2. The van der Waals surface area contributed by atoms with Crippen molar-refractivity contribution in [1.29, 1.82) is 0 Å². The molecule has 2 nitrogen and oxygen atoms in total. The SMILES string of the molecule is CC(C)c1ccc(CC(O)c2ncccc2Br)cc1. The first-order valence-corrected chi connectivity index (χ1v) is 7.24. The first-order chi connectivity index (χ1) is 9.08. The normalized spacial score (nSPS) is 12.7. The van der Waals surface area contributed by atoms with Gasteiger partial charge in [-0.2, -0.15) is 0 Å². The van der Waals surface area contributed by atoms with Crippen molar-refractivity contribution in [1.82, 2.24) is 4.98 Å². The average Bonchev–Trinajstić information content (AvgIpc) is 2.39. The topological polar surface area (TPSA) is 33.1 Å². The number of halogens is 1. The van der Waals surface area contributed by atoms with Gasteiger partial charge in [0, 0.05) is 17.1 Å². The molecule has 0 radical (unpaired) electrons. The van der Waals surface area contributed by atoms with Gasteiger partial charge < -0.3 is 5.11 Å². The molecule has 3 heteroatoms. The number of benzene rings is 1. The monoisotopic (exact) mass is 319 g/mol. The molecule has 0 saturated heterocycles. The van der Waals surface area contributed by atoms with E-state index in [-0.39, 0.29) is 0 Å². The largest absolute Gasteiger partial charge is 0.386 e. The van der Waals surface area contributed by atoms with Crippen molar-refractivity contribution in [3.05, 3.63) is 63.9 Å². The Hall–Kier alpha value is -1.19. The lowest BCUT2D eigenvalue weighted by Crippen LogP contribution is -2.05. The van der Waals surface area contributed by atoms with Crippen molar-refractivity contribution in [2.45, 2.75) is 32.3 Å². The number of rotatable bonds is 4. The van der Waals surface area contributed by atoms with Gasteiger partial charge in [0.2, 0.25) is 0 Å². The molecule has 1 aromatic carbocycles. The van der Waals surface area contributed by atoms with E-state index in [0.717, 1.165) is 10.0 Å². The summed E-state index contributed by atoms with van der Waals surface area (Å²) in [6, 6.07) is 12.1. The van der Waals surface area contributed by atoms with E-state index in [1.165, 1.54) is 5.56 Å². The molecule has 0 aliphatic carbocycles. The molecule has 1 atom stereocenters. The Labute approximate surface area is 122 Å². The maximum Gasteiger partial charge on any atom is 0.101 e. The summed E-state index contributed by atoms with van der Waals surface area (Å²) in [5, 5.41) is 10.2. The van der Waals surface area contributed by atoms with Crippen LogP contribution in [-0.4, -0.2) is 10.1 Å². The summed E-state index contributed by atoms with van der Waals surface area (Å²) in [4.78, 5) is 4.22. The molecule has 0 aliphatic rings. The van der Waals surface area contributed by atoms with Gasteiger partial charge >= 0.3 is 0 Å². The molecule has 0 fully saturated rings. The molecule has 1 unspecified atom stereocenters. The molecule has 0 amide bonds. The summed E-state index contributed by atoms with van der Waals surface area (Å²) < 4.78 is 0.848. The summed E-state index contributed by atoms with van der Waals surface area (Å²) in [6.07, 6.45) is 1.69. The van der Waals surface area contributed by atoms with Crippen LogP contribution in [0.1, 0.15) is 42.7 Å². The zero-order valence-electron chi connectivity index (χ0n) is 11.2. The minimum Gasteiger partial charge on any atom is -0.386 e. The van der Waals surface area contributed by atoms with Gasteiger partial charge in [0.1, 0.15) is 6.10 Å². The predicted octanol–water partition coefficient (Wildman–Crippen LogP) is 4.24. The lowest BCUT2D eigenvalue weighted by molar-refractivity contribution is 0.173. The van der Waals surface area contributed by atoms with Crippen molar-refractivity contribution < 1.29 is 5.11 Å². The molecule has 0 saturated carbocycles. The Morgan fingerprint density at radius 3 is 2.42 bits per heavy atom. The maximum absolute atomic E-state index is 10.2. The van der Waals surface area contributed by atoms with Crippen molar-refractivity contribution in [2.75, 3.05) is 0 Å². The molecule has 1 heterocycles. The van der Waals surface area contributed by atoms with Crippen LogP contribution >= 0.6 is 15.9 Å². The van der Waals surface area contributed by atoms with Gasteiger partial charge in [-0.1, -0.05) is 38.1 Å². The second-order valence-corrected chi connectivity index (χ2v) is 5.84. The number of aromatic nitrogens is 1. The lowest BCUT2D eigenvalue weighted by atomic mass is 9.99. The second kappa shape index (κ2) is 6.31. The van der Waals surface area contributed by atoms with Crippen molar-refractivity contribution >= 4 is 15.9 Å². The highest BCUT2D eigenvalue weighted by Crippen LogP contribution is 2.24. The summed E-state index contributed by atoms with van der Waals surface area (Å²) in [5.41, 5.74) is 3.13. The Kier molecular flexibility index (Phi) is 4.72. The Balaban J connectivity index is 2.11. The van der Waals surface area contributed by atoms with Gasteiger partial charge in [0.25, 0.3) is 0 Å². The smallest absolute Gasteiger partial charge is 0.101 e. The molecular formula is C16H18BrNO. The lowest BCUT2D eigenvalue weighted by Gasteiger charge is -2.12. The third kappa shape index (κ3) is 3.64. The number of pyridine rings is 1. The maximum atomic E-state index is 10.2. The zero-order chi connectivity index (χ0) is 13.8. The van der Waals surface area contributed by atoms with Crippen molar-refractivity contribution in [2.24, 2.45) is 0 Å². The van der Waals surface area contributed by atoms with E-state index in [0.29, 0.717) is 18.0 Å². The number of aliphatic hydroxyl groups excluding tert-OH is 1. The van der Waals surface area contributed by atoms with E-state index in [2.05, 4.69) is 59.0 Å². The number of nitrogens with zero attached hydrogens (tertiary/aromatic N) is 1. The molecule has 0 aliphatic heterocycles. The fourth-order valence-electron chi connectivity index (χ4n) is 2.00. The van der Waals surface area contributed by atoms with Crippen LogP contribution in [0.5, 0.6) is 0 Å². The molecule has 19 heavy (non-hydrogen) atoms. The zero-order valence-corrected chi connectivity index (χ0v) is 12.8. The molecule has 2 aromatic rings. The van der Waals surface area contributed by atoms with Gasteiger partial charge in [-0.15, -0.1) is 0 Å². The van der Waals surface area contributed by atoms with Crippen molar-refractivity contribution in [3.8, 4) is 0 Å². The highest BCUT2D eigenvalue weighted by Gasteiger charge is 2.13. The summed E-state index contributed by atoms with van der Waals surface area (Å²) in [7, 11) is 0. The van der Waals surface area contributed by atoms with E-state index in [4.69, 9.17) is 0 Å². The highest BCUT2D eigenvalue weighted by atomic mass is 79.9. The quantitative estimate of drug-likeness (QED) is 0.914. The minimum absolute atomic E-state index is 0.531. The molecule has 1 aromatic heterocycles. The van der Waals surface area contributed by atoms with Gasteiger partial charge in [-0.05, 0) is 45.1 Å². The van der Waals surface area contributed by atoms with Crippen LogP contribution in [-0.2, 0) is 6.42 Å². The van der Waals surface area contributed by atoms with Crippen LogP contribution in [0.2, 0.25) is 0 Å². The molecule has 100 valence electrons. The average molecular weight is 320 g/mol. The predicted molar refractivity (Wildman–Crippen MR) is 81.1 cm³/mol. The number of hydrogen-bond donors (Lipinski definition) is 1. The van der Waals surface area contributed by atoms with Crippen LogP contribution in [0.4, 0.5) is 0 Å². The molecular weight excluding hydrogens is 302 g/mol. The summed E-state index contributed by atoms with van der Waals surface area (Å²) in [6.45, 7) is 4.35. The Morgan fingerprint density at radius 1 is 1.16 bits per heavy atom. The van der Waals surface area contributed by atoms with E-state index in [1.54, 1.807) is 6.20 Å². The standard InChI is InChI=1S/C16H18BrNO/c1-11(2)13-7-5-12(6-8-13)10-15(19)16-14(17)4-3-9-18-16/h3-9,11,15,19H,10H2,1-2H3. The number of aliphatic hydroxyl groups is 1. The van der Waals surface area contributed by atoms with Crippen LogP contribution in [0, 0.1) is 0 Å². The van der Waals surface area contributed by atoms with E-state index >= 15 is 0 Å². The minimum atomic E-state index is -0.583. The molecule has 1 N–H and O–H groups in total. The van der Waals surface area contributed by atoms with Gasteiger partial charge in [0.15, 0.2) is 0 Å². The Bertz CT molecular complexity index is 537. The van der Waals surface area contributed by atoms with Gasteiger partial charge in [-0.3, -0.25) is 4.98 Å². The first kappa shape index (κ1) is 14.2. The second-order valence-electron chi connectivity index (χ2n) is 4.99. The van der Waals surface area contributed by atoms with E-state index < -0.39 is 6.10 Å². The fraction of sp³-hybridized carbons (Fsp3) is 0.312. The van der Waals surface area contributed by atoms with Crippen LogP contribution in [0.25, 0.3) is 0 Å². The summed E-state index contributed by atoms with van der Waals surface area (Å²) >= 11 is 3.42. The van der Waals surface area contributed by atoms with Crippen LogP contribution < -0.4 is 0 Å². The molecule has 2 rings (SSSR count). The molecule has 0 spiro atoms. The third-order valence-corrected chi connectivity index (χ3v) is 3.85. The van der Waals surface area contributed by atoms with Crippen LogP contribution in [0.3, 0.4) is 0 Å². The van der Waals surface area contributed by atoms with Crippen LogP contribution in [0.15, 0.2) is 47.1 Å². The fourth-order valence-corrected chi connectivity index (χ4v) is 2.52. The Morgan fingerprint density at radius 2 is 1.84 bits per heavy atom. The third-order valence-electron chi connectivity index (χ3n) is 3.18. The van der Waals surface area contributed by atoms with Gasteiger partial charge in [0.05, 0.1) is 5.69 Å². The van der Waals surface area contributed by atoms with Gasteiger partial charge in [-0.25, -0.2) is 0 Å². The van der Waals surface area contributed by atoms with Crippen molar-refractivity contribution in [3.63, 3.8) is 0 Å². The summed E-state index contributed by atoms with van der Waals surface area (Å²) in [5.74, 6) is 0.531. The van der Waals surface area contributed by atoms with E-state index in [1.807, 2.05) is 12.1 Å². The molecule has 0 bridgehead atoms. The van der Waals surface area contributed by atoms with E-state index in [9.17, 15) is 5.11 Å². The first-order valence-electron chi connectivity index (χ1n) is 6.45.